The SMILES string of the molecule is O=C(Nc1cccc2c1CCNC2)c1cccnc1. The highest BCUT2D eigenvalue weighted by atomic mass is 16.1. The summed E-state index contributed by atoms with van der Waals surface area (Å²) in [7, 11) is 0. The van der Waals surface area contributed by atoms with E-state index in [2.05, 4.69) is 21.7 Å². The molecule has 0 fully saturated rings. The predicted molar refractivity (Wildman–Crippen MR) is 74.0 cm³/mol. The molecule has 0 unspecified atom stereocenters. The molecule has 0 aliphatic carbocycles. The highest BCUT2D eigenvalue weighted by Crippen LogP contribution is 2.23. The van der Waals surface area contributed by atoms with Gasteiger partial charge in [-0.2, -0.15) is 0 Å². The number of carbonyl (C=O) groups excluding carboxylic acids is 1. The summed E-state index contributed by atoms with van der Waals surface area (Å²) < 4.78 is 0. The lowest BCUT2D eigenvalue weighted by molar-refractivity contribution is 0.102. The number of carbonyl (C=O) groups is 1. The molecule has 0 spiro atoms. The molecule has 2 N–H and O–H groups in total. The Morgan fingerprint density at radius 1 is 1.26 bits per heavy atom. The van der Waals surface area contributed by atoms with Crippen molar-refractivity contribution >= 4 is 11.6 Å². The summed E-state index contributed by atoms with van der Waals surface area (Å²) in [6.45, 7) is 1.82. The molecule has 4 heteroatoms. The van der Waals surface area contributed by atoms with Crippen LogP contribution in [0.3, 0.4) is 0 Å². The van der Waals surface area contributed by atoms with E-state index in [4.69, 9.17) is 0 Å². The Kier molecular flexibility index (Phi) is 3.25. The molecule has 2 heterocycles. The van der Waals surface area contributed by atoms with E-state index >= 15 is 0 Å². The van der Waals surface area contributed by atoms with Crippen molar-refractivity contribution in [2.45, 2.75) is 13.0 Å². The molecule has 96 valence electrons. The van der Waals surface area contributed by atoms with Crippen LogP contribution in [0.4, 0.5) is 5.69 Å². The van der Waals surface area contributed by atoms with Gasteiger partial charge in [0.05, 0.1) is 5.56 Å². The predicted octanol–water partition coefficient (Wildman–Crippen LogP) is 1.98. The Bertz CT molecular complexity index is 596. The number of anilines is 1. The molecule has 1 aliphatic heterocycles. The van der Waals surface area contributed by atoms with Gasteiger partial charge in [-0.1, -0.05) is 12.1 Å². The third kappa shape index (κ3) is 2.48. The fourth-order valence-electron chi connectivity index (χ4n) is 2.34. The summed E-state index contributed by atoms with van der Waals surface area (Å²) >= 11 is 0. The Labute approximate surface area is 111 Å². The van der Waals surface area contributed by atoms with Crippen LogP contribution in [0.25, 0.3) is 0 Å². The number of fused-ring (bicyclic) bond motifs is 1. The molecule has 1 aliphatic rings. The Morgan fingerprint density at radius 2 is 2.21 bits per heavy atom. The van der Waals surface area contributed by atoms with E-state index < -0.39 is 0 Å². The van der Waals surface area contributed by atoms with Crippen molar-refractivity contribution < 1.29 is 4.79 Å². The van der Waals surface area contributed by atoms with Crippen LogP contribution in [0, 0.1) is 0 Å². The van der Waals surface area contributed by atoms with Gasteiger partial charge in [0, 0.05) is 24.6 Å². The first-order valence-corrected chi connectivity index (χ1v) is 6.37. The number of hydrogen-bond donors (Lipinski definition) is 2. The Hall–Kier alpha value is -2.20. The Morgan fingerprint density at radius 3 is 3.05 bits per heavy atom. The first kappa shape index (κ1) is 11.9. The van der Waals surface area contributed by atoms with Crippen LogP contribution in [-0.4, -0.2) is 17.4 Å². The summed E-state index contributed by atoms with van der Waals surface area (Å²) in [6.07, 6.45) is 4.18. The summed E-state index contributed by atoms with van der Waals surface area (Å²) in [5.41, 5.74) is 3.98. The highest BCUT2D eigenvalue weighted by Gasteiger charge is 2.14. The molecule has 1 aromatic heterocycles. The van der Waals surface area contributed by atoms with Crippen LogP contribution in [0.5, 0.6) is 0 Å². The minimum absolute atomic E-state index is 0.111. The molecule has 3 rings (SSSR count). The summed E-state index contributed by atoms with van der Waals surface area (Å²) in [5.74, 6) is -0.111. The summed E-state index contributed by atoms with van der Waals surface area (Å²) in [5, 5.41) is 6.31. The van der Waals surface area contributed by atoms with Crippen LogP contribution in [0.2, 0.25) is 0 Å². The van der Waals surface area contributed by atoms with Gasteiger partial charge in [-0.3, -0.25) is 9.78 Å². The Balaban J connectivity index is 1.86. The van der Waals surface area contributed by atoms with Gasteiger partial charge in [-0.25, -0.2) is 0 Å². The minimum atomic E-state index is -0.111. The van der Waals surface area contributed by atoms with Crippen LogP contribution in [0.15, 0.2) is 42.7 Å². The van der Waals surface area contributed by atoms with Crippen LogP contribution >= 0.6 is 0 Å². The number of pyridine rings is 1. The van der Waals surface area contributed by atoms with E-state index in [0.717, 1.165) is 25.2 Å². The first-order chi connectivity index (χ1) is 9.34. The van der Waals surface area contributed by atoms with Crippen molar-refractivity contribution in [2.24, 2.45) is 0 Å². The minimum Gasteiger partial charge on any atom is -0.322 e. The molecule has 0 saturated heterocycles. The van der Waals surface area contributed by atoms with E-state index in [1.165, 1.54) is 11.1 Å². The van der Waals surface area contributed by atoms with Gasteiger partial charge < -0.3 is 10.6 Å². The van der Waals surface area contributed by atoms with E-state index in [9.17, 15) is 4.79 Å². The lowest BCUT2D eigenvalue weighted by atomic mass is 9.99. The van der Waals surface area contributed by atoms with Crippen molar-refractivity contribution in [3.8, 4) is 0 Å². The molecular formula is C15H15N3O. The average molecular weight is 253 g/mol. The maximum atomic E-state index is 12.1. The summed E-state index contributed by atoms with van der Waals surface area (Å²) in [6, 6.07) is 9.56. The molecular weight excluding hydrogens is 238 g/mol. The molecule has 1 aromatic carbocycles. The van der Waals surface area contributed by atoms with E-state index in [1.54, 1.807) is 24.5 Å². The number of nitrogens with one attached hydrogen (secondary N) is 2. The second-order valence-corrected chi connectivity index (χ2v) is 4.57. The average Bonchev–Trinajstić information content (AvgIpc) is 2.48. The zero-order valence-corrected chi connectivity index (χ0v) is 10.5. The fourth-order valence-corrected chi connectivity index (χ4v) is 2.34. The van der Waals surface area contributed by atoms with Crippen molar-refractivity contribution in [2.75, 3.05) is 11.9 Å². The summed E-state index contributed by atoms with van der Waals surface area (Å²) in [4.78, 5) is 16.1. The first-order valence-electron chi connectivity index (χ1n) is 6.37. The zero-order valence-electron chi connectivity index (χ0n) is 10.5. The van der Waals surface area contributed by atoms with Crippen molar-refractivity contribution in [3.63, 3.8) is 0 Å². The smallest absolute Gasteiger partial charge is 0.257 e. The molecule has 0 saturated carbocycles. The van der Waals surface area contributed by atoms with E-state index in [0.29, 0.717) is 5.56 Å². The largest absolute Gasteiger partial charge is 0.322 e. The lowest BCUT2D eigenvalue weighted by Gasteiger charge is -2.20. The molecule has 0 radical (unpaired) electrons. The fraction of sp³-hybridized carbons (Fsp3) is 0.200. The maximum Gasteiger partial charge on any atom is 0.257 e. The van der Waals surface area contributed by atoms with E-state index in [-0.39, 0.29) is 5.91 Å². The number of rotatable bonds is 2. The van der Waals surface area contributed by atoms with Crippen molar-refractivity contribution in [1.29, 1.82) is 0 Å². The lowest BCUT2D eigenvalue weighted by Crippen LogP contribution is -2.25. The molecule has 1 amide bonds. The van der Waals surface area contributed by atoms with Crippen molar-refractivity contribution in [3.05, 3.63) is 59.4 Å². The van der Waals surface area contributed by atoms with Crippen molar-refractivity contribution in [1.82, 2.24) is 10.3 Å². The second kappa shape index (κ2) is 5.20. The molecule has 4 nitrogen and oxygen atoms in total. The maximum absolute atomic E-state index is 12.1. The number of benzene rings is 1. The zero-order chi connectivity index (χ0) is 13.1. The monoisotopic (exact) mass is 253 g/mol. The van der Waals surface area contributed by atoms with Gasteiger partial charge in [0.1, 0.15) is 0 Å². The van der Waals surface area contributed by atoms with E-state index in [1.807, 2.05) is 12.1 Å². The number of hydrogen-bond acceptors (Lipinski definition) is 3. The molecule has 2 aromatic rings. The van der Waals surface area contributed by atoms with Crippen LogP contribution < -0.4 is 10.6 Å². The highest BCUT2D eigenvalue weighted by molar-refractivity contribution is 6.04. The third-order valence-corrected chi connectivity index (χ3v) is 3.31. The standard InChI is InChI=1S/C15H15N3O/c19-15(12-4-2-7-16-10-12)18-14-5-1-3-11-9-17-8-6-13(11)14/h1-5,7,10,17H,6,8-9H2,(H,18,19). The second-order valence-electron chi connectivity index (χ2n) is 4.57. The van der Waals surface area contributed by atoms with Gasteiger partial charge in [-0.15, -0.1) is 0 Å². The number of amides is 1. The quantitative estimate of drug-likeness (QED) is 0.860. The third-order valence-electron chi connectivity index (χ3n) is 3.31. The topological polar surface area (TPSA) is 54.0 Å². The molecule has 0 bridgehead atoms. The van der Waals surface area contributed by atoms with Gasteiger partial charge >= 0.3 is 0 Å². The normalized spacial score (nSPS) is 13.7. The molecule has 19 heavy (non-hydrogen) atoms. The van der Waals surface area contributed by atoms with Crippen LogP contribution in [-0.2, 0) is 13.0 Å². The van der Waals surface area contributed by atoms with Gasteiger partial charge in [0.15, 0.2) is 0 Å². The number of aromatic nitrogens is 1. The van der Waals surface area contributed by atoms with Gasteiger partial charge in [0.25, 0.3) is 5.91 Å². The van der Waals surface area contributed by atoms with Gasteiger partial charge in [-0.05, 0) is 42.3 Å². The van der Waals surface area contributed by atoms with Crippen LogP contribution in [0.1, 0.15) is 21.5 Å². The molecule has 0 atom stereocenters. The number of nitrogens with zero attached hydrogens (tertiary/aromatic N) is 1. The van der Waals surface area contributed by atoms with Gasteiger partial charge in [0.2, 0.25) is 0 Å².